The number of benzene rings is 1. The molecule has 0 unspecified atom stereocenters. The molecule has 5 nitrogen and oxygen atoms in total. The molecule has 0 radical (unpaired) electrons. The number of nitro benzene ring substituents is 1. The number of carbonyl (C=O) groups excluding carboxylic acids is 1. The monoisotopic (exact) mass is 234 g/mol. The molecule has 1 rings (SSSR count). The van der Waals surface area contributed by atoms with E-state index < -0.39 is 45.1 Å². The molecule has 8 heteroatoms. The number of hydrogen-bond acceptors (Lipinski definition) is 3. The summed E-state index contributed by atoms with van der Waals surface area (Å²) in [7, 11) is 0. The lowest BCUT2D eigenvalue weighted by atomic mass is 10.1. The third kappa shape index (κ3) is 1.58. The molecule has 1 amide bonds. The van der Waals surface area contributed by atoms with E-state index in [-0.39, 0.29) is 0 Å². The highest BCUT2D eigenvalue weighted by Crippen LogP contribution is 2.30. The first kappa shape index (κ1) is 12.0. The molecule has 86 valence electrons. The van der Waals surface area contributed by atoms with Crippen LogP contribution < -0.4 is 5.73 Å². The normalized spacial score (nSPS) is 10.2. The van der Waals surface area contributed by atoms with E-state index in [1.165, 1.54) is 0 Å². The third-order valence-corrected chi connectivity index (χ3v) is 1.94. The molecule has 1 aromatic rings. The van der Waals surface area contributed by atoms with Gasteiger partial charge in [0.2, 0.25) is 5.82 Å². The summed E-state index contributed by atoms with van der Waals surface area (Å²) >= 11 is 0. The molecule has 0 heterocycles. The lowest BCUT2D eigenvalue weighted by molar-refractivity contribution is -0.388. The Kier molecular flexibility index (Phi) is 2.84. The van der Waals surface area contributed by atoms with Gasteiger partial charge in [0.15, 0.2) is 11.4 Å². The molecule has 0 atom stereocenters. The fourth-order valence-corrected chi connectivity index (χ4v) is 1.16. The first-order valence-corrected chi connectivity index (χ1v) is 3.90. The van der Waals surface area contributed by atoms with E-state index in [9.17, 15) is 28.1 Å². The van der Waals surface area contributed by atoms with Crippen molar-refractivity contribution in [2.75, 3.05) is 0 Å². The fraction of sp³-hybridized carbons (Fsp3) is 0.125. The number of nitrogens with two attached hydrogens (primary N) is 1. The predicted molar refractivity (Wildman–Crippen MR) is 46.2 cm³/mol. The first-order chi connectivity index (χ1) is 7.29. The van der Waals surface area contributed by atoms with Crippen molar-refractivity contribution in [3.05, 3.63) is 38.7 Å². The Bertz CT molecular complexity index is 457. The molecule has 16 heavy (non-hydrogen) atoms. The minimum atomic E-state index is -1.90. The maximum absolute atomic E-state index is 13.3. The van der Waals surface area contributed by atoms with Gasteiger partial charge in [-0.1, -0.05) is 0 Å². The number of amides is 1. The zero-order chi connectivity index (χ0) is 12.6. The summed E-state index contributed by atoms with van der Waals surface area (Å²) < 4.78 is 39.4. The molecule has 0 aromatic heterocycles. The summed E-state index contributed by atoms with van der Waals surface area (Å²) in [6.07, 6.45) is 0. The molecule has 0 saturated heterocycles. The summed E-state index contributed by atoms with van der Waals surface area (Å²) in [5, 5.41) is 10.4. The van der Waals surface area contributed by atoms with Crippen molar-refractivity contribution in [3.63, 3.8) is 0 Å². The largest absolute Gasteiger partial charge is 0.365 e. The summed E-state index contributed by atoms with van der Waals surface area (Å²) in [6.45, 7) is 0.837. The Morgan fingerprint density at radius 1 is 1.25 bits per heavy atom. The molecule has 2 N–H and O–H groups in total. The summed E-state index contributed by atoms with van der Waals surface area (Å²) in [5.74, 6) is -6.68. The van der Waals surface area contributed by atoms with Crippen LogP contribution >= 0.6 is 0 Å². The second-order valence-corrected chi connectivity index (χ2v) is 2.91. The molecule has 0 fully saturated rings. The molecule has 0 saturated carbocycles. The number of rotatable bonds is 2. The van der Waals surface area contributed by atoms with Crippen molar-refractivity contribution in [2.24, 2.45) is 5.73 Å². The average Bonchev–Trinajstić information content (AvgIpc) is 2.18. The van der Waals surface area contributed by atoms with Gasteiger partial charge in [0, 0.05) is 5.56 Å². The number of nitro groups is 1. The van der Waals surface area contributed by atoms with E-state index in [1.54, 1.807) is 0 Å². The van der Waals surface area contributed by atoms with Crippen LogP contribution in [0.25, 0.3) is 0 Å². The highest BCUT2D eigenvalue weighted by Gasteiger charge is 2.33. The molecule has 0 aliphatic carbocycles. The quantitative estimate of drug-likeness (QED) is 0.477. The minimum absolute atomic E-state index is 0.836. The van der Waals surface area contributed by atoms with E-state index in [2.05, 4.69) is 5.73 Å². The Morgan fingerprint density at radius 3 is 2.12 bits per heavy atom. The van der Waals surface area contributed by atoms with Crippen molar-refractivity contribution < 1.29 is 22.9 Å². The molecule has 0 aliphatic rings. The van der Waals surface area contributed by atoms with Gasteiger partial charge in [0.25, 0.3) is 5.91 Å². The Morgan fingerprint density at radius 2 is 1.75 bits per heavy atom. The highest BCUT2D eigenvalue weighted by molar-refractivity contribution is 5.97. The second-order valence-electron chi connectivity index (χ2n) is 2.91. The predicted octanol–water partition coefficient (Wildman–Crippen LogP) is 1.42. The zero-order valence-electron chi connectivity index (χ0n) is 7.88. The zero-order valence-corrected chi connectivity index (χ0v) is 7.88. The molecule has 0 aliphatic heterocycles. The lowest BCUT2D eigenvalue weighted by Gasteiger charge is -2.06. The van der Waals surface area contributed by atoms with E-state index in [0.29, 0.717) is 0 Å². The number of hydrogen-bond donors (Lipinski definition) is 1. The standard InChI is InChI=1S/C8H5F3N2O3/c1-2-4(9)3(8(12)14)7(13(15)16)6(11)5(2)10/h1H3,(H2,12,14). The molecular formula is C8H5F3N2O3. The Labute approximate surface area is 86.8 Å². The van der Waals surface area contributed by atoms with Gasteiger partial charge in [-0.25, -0.2) is 8.78 Å². The van der Waals surface area contributed by atoms with Crippen molar-refractivity contribution >= 4 is 11.6 Å². The molecule has 0 bridgehead atoms. The lowest BCUT2D eigenvalue weighted by Crippen LogP contribution is -2.18. The molecule has 1 aromatic carbocycles. The van der Waals surface area contributed by atoms with E-state index in [1.807, 2.05) is 0 Å². The van der Waals surface area contributed by atoms with Gasteiger partial charge < -0.3 is 5.73 Å². The minimum Gasteiger partial charge on any atom is -0.365 e. The average molecular weight is 234 g/mol. The van der Waals surface area contributed by atoms with Gasteiger partial charge in [-0.15, -0.1) is 0 Å². The van der Waals surface area contributed by atoms with Crippen LogP contribution in [0.15, 0.2) is 0 Å². The van der Waals surface area contributed by atoms with Crippen LogP contribution in [-0.4, -0.2) is 10.8 Å². The second kappa shape index (κ2) is 3.80. The van der Waals surface area contributed by atoms with Crippen molar-refractivity contribution in [2.45, 2.75) is 6.92 Å². The number of halogens is 3. The van der Waals surface area contributed by atoms with Crippen LogP contribution in [0, 0.1) is 34.5 Å². The molecule has 0 spiro atoms. The highest BCUT2D eigenvalue weighted by atomic mass is 19.2. The van der Waals surface area contributed by atoms with Crippen LogP contribution in [0.4, 0.5) is 18.9 Å². The maximum atomic E-state index is 13.3. The third-order valence-electron chi connectivity index (χ3n) is 1.94. The number of carbonyl (C=O) groups is 1. The van der Waals surface area contributed by atoms with Gasteiger partial charge in [-0.2, -0.15) is 4.39 Å². The van der Waals surface area contributed by atoms with Gasteiger partial charge in [-0.3, -0.25) is 14.9 Å². The van der Waals surface area contributed by atoms with Crippen molar-refractivity contribution in [1.82, 2.24) is 0 Å². The summed E-state index contributed by atoms with van der Waals surface area (Å²) in [6, 6.07) is 0. The Hall–Kier alpha value is -2.12. The summed E-state index contributed by atoms with van der Waals surface area (Å²) in [4.78, 5) is 19.7. The summed E-state index contributed by atoms with van der Waals surface area (Å²) in [5.41, 5.74) is 0.980. The van der Waals surface area contributed by atoms with Gasteiger partial charge in [-0.05, 0) is 6.92 Å². The fourth-order valence-electron chi connectivity index (χ4n) is 1.16. The van der Waals surface area contributed by atoms with Crippen LogP contribution in [-0.2, 0) is 0 Å². The van der Waals surface area contributed by atoms with Gasteiger partial charge in [0.1, 0.15) is 5.82 Å². The number of primary amides is 1. The van der Waals surface area contributed by atoms with Gasteiger partial charge >= 0.3 is 5.69 Å². The molecular weight excluding hydrogens is 229 g/mol. The maximum Gasteiger partial charge on any atom is 0.323 e. The van der Waals surface area contributed by atoms with Crippen molar-refractivity contribution in [3.8, 4) is 0 Å². The SMILES string of the molecule is Cc1c(F)c(F)c([N+](=O)[O-])c(C(N)=O)c1F. The smallest absolute Gasteiger partial charge is 0.323 e. The van der Waals surface area contributed by atoms with E-state index in [0.717, 1.165) is 6.92 Å². The van der Waals surface area contributed by atoms with Gasteiger partial charge in [0.05, 0.1) is 4.92 Å². The van der Waals surface area contributed by atoms with Crippen LogP contribution in [0.5, 0.6) is 0 Å². The van der Waals surface area contributed by atoms with E-state index >= 15 is 0 Å². The van der Waals surface area contributed by atoms with Crippen LogP contribution in [0.1, 0.15) is 15.9 Å². The topological polar surface area (TPSA) is 86.2 Å². The first-order valence-electron chi connectivity index (χ1n) is 3.90. The van der Waals surface area contributed by atoms with Crippen LogP contribution in [0.3, 0.4) is 0 Å². The Balaban J connectivity index is 3.83. The van der Waals surface area contributed by atoms with E-state index in [4.69, 9.17) is 0 Å². The van der Waals surface area contributed by atoms with Crippen molar-refractivity contribution in [1.29, 1.82) is 0 Å². The van der Waals surface area contributed by atoms with Crippen LogP contribution in [0.2, 0.25) is 0 Å². The number of nitrogens with zero attached hydrogens (tertiary/aromatic N) is 1.